The summed E-state index contributed by atoms with van der Waals surface area (Å²) < 4.78 is 0. The molecule has 14 heavy (non-hydrogen) atoms. The van der Waals surface area contributed by atoms with E-state index in [4.69, 9.17) is 5.11 Å². The van der Waals surface area contributed by atoms with Crippen molar-refractivity contribution in [1.82, 2.24) is 10.3 Å². The maximum Gasteiger partial charge on any atom is 0.0524 e. The summed E-state index contributed by atoms with van der Waals surface area (Å²) in [6, 6.07) is 2.01. The van der Waals surface area contributed by atoms with Crippen molar-refractivity contribution in [2.75, 3.05) is 6.54 Å². The van der Waals surface area contributed by atoms with Crippen molar-refractivity contribution in [3.8, 4) is 0 Å². The second kappa shape index (κ2) is 5.73. The van der Waals surface area contributed by atoms with Gasteiger partial charge in [-0.1, -0.05) is 0 Å². The summed E-state index contributed by atoms with van der Waals surface area (Å²) in [7, 11) is 0. The number of rotatable bonds is 5. The number of aryl methyl sites for hydroxylation is 1. The van der Waals surface area contributed by atoms with Crippen molar-refractivity contribution in [3.63, 3.8) is 0 Å². The highest BCUT2D eigenvalue weighted by Crippen LogP contribution is 2.03. The molecule has 0 saturated heterocycles. The van der Waals surface area contributed by atoms with Crippen molar-refractivity contribution in [3.05, 3.63) is 29.6 Å². The molecule has 1 heterocycles. The SMILES string of the molecule is Cc1ccncc1CNCCC(C)O. The Hall–Kier alpha value is -0.930. The highest BCUT2D eigenvalue weighted by molar-refractivity contribution is 5.20. The van der Waals surface area contributed by atoms with Crippen LogP contribution in [0.2, 0.25) is 0 Å². The Morgan fingerprint density at radius 1 is 1.57 bits per heavy atom. The highest BCUT2D eigenvalue weighted by Gasteiger charge is 1.98. The van der Waals surface area contributed by atoms with E-state index in [0.717, 1.165) is 19.5 Å². The first kappa shape index (κ1) is 11.1. The topological polar surface area (TPSA) is 45.2 Å². The van der Waals surface area contributed by atoms with Gasteiger partial charge in [-0.15, -0.1) is 0 Å². The summed E-state index contributed by atoms with van der Waals surface area (Å²) >= 11 is 0. The molecule has 0 spiro atoms. The molecular formula is C11H18N2O. The molecule has 3 nitrogen and oxygen atoms in total. The molecule has 0 radical (unpaired) electrons. The van der Waals surface area contributed by atoms with Crippen LogP contribution in [0.1, 0.15) is 24.5 Å². The quantitative estimate of drug-likeness (QED) is 0.693. The van der Waals surface area contributed by atoms with Crippen LogP contribution < -0.4 is 5.32 Å². The minimum Gasteiger partial charge on any atom is -0.393 e. The van der Waals surface area contributed by atoms with Crippen LogP contribution in [-0.2, 0) is 6.54 Å². The molecule has 0 saturated carbocycles. The van der Waals surface area contributed by atoms with Crippen molar-refractivity contribution < 1.29 is 5.11 Å². The minimum atomic E-state index is -0.225. The second-order valence-electron chi connectivity index (χ2n) is 3.62. The van der Waals surface area contributed by atoms with E-state index >= 15 is 0 Å². The fourth-order valence-corrected chi connectivity index (χ4v) is 1.22. The maximum atomic E-state index is 9.05. The molecule has 0 amide bonds. The lowest BCUT2D eigenvalue weighted by Crippen LogP contribution is -2.19. The molecular weight excluding hydrogens is 176 g/mol. The zero-order valence-corrected chi connectivity index (χ0v) is 8.83. The average Bonchev–Trinajstić information content (AvgIpc) is 2.15. The number of aliphatic hydroxyl groups excluding tert-OH is 1. The van der Waals surface area contributed by atoms with Crippen molar-refractivity contribution >= 4 is 0 Å². The molecule has 0 bridgehead atoms. The van der Waals surface area contributed by atoms with Gasteiger partial charge in [0.15, 0.2) is 0 Å². The van der Waals surface area contributed by atoms with E-state index in [1.165, 1.54) is 11.1 Å². The summed E-state index contributed by atoms with van der Waals surface area (Å²) in [5.41, 5.74) is 2.47. The van der Waals surface area contributed by atoms with E-state index in [9.17, 15) is 0 Å². The molecule has 0 aromatic carbocycles. The van der Waals surface area contributed by atoms with Crippen LogP contribution in [-0.4, -0.2) is 22.7 Å². The van der Waals surface area contributed by atoms with Gasteiger partial charge in [0, 0.05) is 18.9 Å². The number of aromatic nitrogens is 1. The lowest BCUT2D eigenvalue weighted by molar-refractivity contribution is 0.183. The average molecular weight is 194 g/mol. The first-order valence-electron chi connectivity index (χ1n) is 4.98. The summed E-state index contributed by atoms with van der Waals surface area (Å²) in [6.45, 7) is 5.54. The fourth-order valence-electron chi connectivity index (χ4n) is 1.22. The maximum absolute atomic E-state index is 9.05. The first-order valence-corrected chi connectivity index (χ1v) is 4.98. The Morgan fingerprint density at radius 3 is 3.00 bits per heavy atom. The van der Waals surface area contributed by atoms with Gasteiger partial charge in [0.05, 0.1) is 6.10 Å². The van der Waals surface area contributed by atoms with Crippen LogP contribution in [0.3, 0.4) is 0 Å². The third-order valence-corrected chi connectivity index (χ3v) is 2.20. The van der Waals surface area contributed by atoms with Crippen LogP contribution in [0.4, 0.5) is 0 Å². The van der Waals surface area contributed by atoms with E-state index in [1.807, 2.05) is 12.3 Å². The van der Waals surface area contributed by atoms with Gasteiger partial charge in [0.2, 0.25) is 0 Å². The van der Waals surface area contributed by atoms with Crippen LogP contribution in [0.15, 0.2) is 18.5 Å². The largest absolute Gasteiger partial charge is 0.393 e. The van der Waals surface area contributed by atoms with Crippen LogP contribution >= 0.6 is 0 Å². The molecule has 1 unspecified atom stereocenters. The number of nitrogens with one attached hydrogen (secondary N) is 1. The van der Waals surface area contributed by atoms with Gasteiger partial charge in [-0.25, -0.2) is 0 Å². The number of pyridine rings is 1. The van der Waals surface area contributed by atoms with E-state index in [-0.39, 0.29) is 6.10 Å². The molecule has 0 fully saturated rings. The van der Waals surface area contributed by atoms with Crippen LogP contribution in [0.25, 0.3) is 0 Å². The van der Waals surface area contributed by atoms with E-state index in [0.29, 0.717) is 0 Å². The van der Waals surface area contributed by atoms with E-state index in [2.05, 4.69) is 17.2 Å². The van der Waals surface area contributed by atoms with Crippen molar-refractivity contribution in [1.29, 1.82) is 0 Å². The predicted octanol–water partition coefficient (Wildman–Crippen LogP) is 1.25. The molecule has 3 heteroatoms. The zero-order chi connectivity index (χ0) is 10.4. The van der Waals surface area contributed by atoms with Gasteiger partial charge in [0.25, 0.3) is 0 Å². The van der Waals surface area contributed by atoms with Gasteiger partial charge in [-0.05, 0) is 44.0 Å². The minimum absolute atomic E-state index is 0.225. The third-order valence-electron chi connectivity index (χ3n) is 2.20. The smallest absolute Gasteiger partial charge is 0.0524 e. The van der Waals surface area contributed by atoms with Gasteiger partial charge in [-0.2, -0.15) is 0 Å². The Balaban J connectivity index is 2.28. The Labute approximate surface area is 85.2 Å². The standard InChI is InChI=1S/C11H18N2O/c1-9-3-5-12-7-11(9)8-13-6-4-10(2)14/h3,5,7,10,13-14H,4,6,8H2,1-2H3. The Morgan fingerprint density at radius 2 is 2.36 bits per heavy atom. The molecule has 2 N–H and O–H groups in total. The summed E-state index contributed by atoms with van der Waals surface area (Å²) in [5, 5.41) is 12.3. The molecule has 1 aromatic rings. The van der Waals surface area contributed by atoms with Gasteiger partial charge >= 0.3 is 0 Å². The highest BCUT2D eigenvalue weighted by atomic mass is 16.3. The zero-order valence-electron chi connectivity index (χ0n) is 8.83. The molecule has 78 valence electrons. The number of hydrogen-bond acceptors (Lipinski definition) is 3. The van der Waals surface area contributed by atoms with Gasteiger partial charge in [0.1, 0.15) is 0 Å². The van der Waals surface area contributed by atoms with Gasteiger partial charge < -0.3 is 10.4 Å². The summed E-state index contributed by atoms with van der Waals surface area (Å²) in [5.74, 6) is 0. The number of hydrogen-bond donors (Lipinski definition) is 2. The lowest BCUT2D eigenvalue weighted by Gasteiger charge is -2.07. The second-order valence-corrected chi connectivity index (χ2v) is 3.62. The van der Waals surface area contributed by atoms with Crippen LogP contribution in [0, 0.1) is 6.92 Å². The van der Waals surface area contributed by atoms with Crippen molar-refractivity contribution in [2.24, 2.45) is 0 Å². The summed E-state index contributed by atoms with van der Waals surface area (Å²) in [4.78, 5) is 4.07. The molecule has 0 aliphatic rings. The van der Waals surface area contributed by atoms with Gasteiger partial charge in [-0.3, -0.25) is 4.98 Å². The Bertz CT molecular complexity index is 274. The van der Waals surface area contributed by atoms with Crippen LogP contribution in [0.5, 0.6) is 0 Å². The fraction of sp³-hybridized carbons (Fsp3) is 0.545. The molecule has 1 rings (SSSR count). The Kier molecular flexibility index (Phi) is 4.56. The molecule has 1 atom stereocenters. The molecule has 0 aliphatic heterocycles. The van der Waals surface area contributed by atoms with E-state index in [1.54, 1.807) is 13.1 Å². The summed E-state index contributed by atoms with van der Waals surface area (Å²) in [6.07, 6.45) is 4.25. The monoisotopic (exact) mass is 194 g/mol. The molecule has 0 aliphatic carbocycles. The normalized spacial score (nSPS) is 12.8. The predicted molar refractivity (Wildman–Crippen MR) is 57.0 cm³/mol. The van der Waals surface area contributed by atoms with Crippen molar-refractivity contribution in [2.45, 2.75) is 32.9 Å². The van der Waals surface area contributed by atoms with E-state index < -0.39 is 0 Å². The first-order chi connectivity index (χ1) is 6.70. The third kappa shape index (κ3) is 3.85. The lowest BCUT2D eigenvalue weighted by atomic mass is 10.1. The molecule has 1 aromatic heterocycles. The number of nitrogens with zero attached hydrogens (tertiary/aromatic N) is 1. The number of aliphatic hydroxyl groups is 1.